The molecule has 2 rings (SSSR count). The lowest BCUT2D eigenvalue weighted by Crippen LogP contribution is -2.41. The van der Waals surface area contributed by atoms with Gasteiger partial charge in [0.2, 0.25) is 5.91 Å². The maximum absolute atomic E-state index is 11.9. The van der Waals surface area contributed by atoms with Crippen molar-refractivity contribution in [3.05, 3.63) is 29.6 Å². The van der Waals surface area contributed by atoms with Gasteiger partial charge in [-0.1, -0.05) is 0 Å². The topological polar surface area (TPSA) is 78.2 Å². The molecule has 0 saturated carbocycles. The van der Waals surface area contributed by atoms with E-state index in [1.54, 1.807) is 12.3 Å². The zero-order chi connectivity index (χ0) is 14.2. The predicted octanol–water partition coefficient (Wildman–Crippen LogP) is 0.292. The van der Waals surface area contributed by atoms with Gasteiger partial charge >= 0.3 is 0 Å². The fourth-order valence-corrected chi connectivity index (χ4v) is 2.04. The molecular weight excluding hydrogens is 256 g/mol. The summed E-state index contributed by atoms with van der Waals surface area (Å²) in [6, 6.07) is 5.61. The summed E-state index contributed by atoms with van der Waals surface area (Å²) in [5, 5.41) is 12.0. The Morgan fingerprint density at radius 1 is 1.50 bits per heavy atom. The Kier molecular flexibility index (Phi) is 5.47. The molecule has 0 unspecified atom stereocenters. The zero-order valence-corrected chi connectivity index (χ0v) is 11.3. The van der Waals surface area contributed by atoms with Crippen LogP contribution in [0.4, 0.5) is 0 Å². The van der Waals surface area contributed by atoms with Gasteiger partial charge in [0.15, 0.2) is 0 Å². The summed E-state index contributed by atoms with van der Waals surface area (Å²) in [6.45, 7) is 3.90. The van der Waals surface area contributed by atoms with Crippen molar-refractivity contribution in [3.63, 3.8) is 0 Å². The number of amides is 1. The van der Waals surface area contributed by atoms with E-state index in [2.05, 4.69) is 10.3 Å². The predicted molar refractivity (Wildman–Crippen MR) is 72.7 cm³/mol. The Bertz CT molecular complexity index is 492. The number of nitriles is 1. The van der Waals surface area contributed by atoms with E-state index in [4.69, 9.17) is 10.00 Å². The third kappa shape index (κ3) is 4.30. The third-order valence-electron chi connectivity index (χ3n) is 3.15. The fraction of sp³-hybridized carbons (Fsp3) is 0.500. The molecule has 1 amide bonds. The first-order valence-electron chi connectivity index (χ1n) is 6.71. The van der Waals surface area contributed by atoms with Gasteiger partial charge in [0.25, 0.3) is 0 Å². The lowest BCUT2D eigenvalue weighted by atomic mass is 10.2. The van der Waals surface area contributed by atoms with Crippen molar-refractivity contribution < 1.29 is 9.53 Å². The quantitative estimate of drug-likeness (QED) is 0.781. The minimum Gasteiger partial charge on any atom is -0.378 e. The van der Waals surface area contributed by atoms with Gasteiger partial charge in [0.05, 0.1) is 13.2 Å². The first-order valence-corrected chi connectivity index (χ1v) is 6.71. The monoisotopic (exact) mass is 274 g/mol. The molecule has 1 aromatic heterocycles. The summed E-state index contributed by atoms with van der Waals surface area (Å²) in [5.41, 5.74) is 1.41. The molecule has 6 heteroatoms. The zero-order valence-electron chi connectivity index (χ0n) is 11.3. The molecule has 0 radical (unpaired) electrons. The Labute approximate surface area is 118 Å². The number of pyridine rings is 1. The van der Waals surface area contributed by atoms with Crippen LogP contribution in [0, 0.1) is 11.3 Å². The van der Waals surface area contributed by atoms with E-state index in [9.17, 15) is 4.79 Å². The number of aromatic nitrogens is 1. The summed E-state index contributed by atoms with van der Waals surface area (Å²) >= 11 is 0. The Morgan fingerprint density at radius 3 is 3.05 bits per heavy atom. The molecule has 20 heavy (non-hydrogen) atoms. The van der Waals surface area contributed by atoms with Gasteiger partial charge < -0.3 is 15.0 Å². The highest BCUT2D eigenvalue weighted by atomic mass is 16.5. The second-order valence-electron chi connectivity index (χ2n) is 4.58. The van der Waals surface area contributed by atoms with Gasteiger partial charge in [0.1, 0.15) is 11.8 Å². The summed E-state index contributed by atoms with van der Waals surface area (Å²) in [4.78, 5) is 17.6. The molecule has 1 fully saturated rings. The van der Waals surface area contributed by atoms with E-state index >= 15 is 0 Å². The van der Waals surface area contributed by atoms with Crippen LogP contribution in [0.25, 0.3) is 0 Å². The molecule has 0 aromatic carbocycles. The number of rotatable bonds is 5. The van der Waals surface area contributed by atoms with Crippen LogP contribution in [0.5, 0.6) is 0 Å². The van der Waals surface area contributed by atoms with Crippen molar-refractivity contribution in [2.24, 2.45) is 0 Å². The maximum atomic E-state index is 11.9. The largest absolute Gasteiger partial charge is 0.378 e. The van der Waals surface area contributed by atoms with Gasteiger partial charge in [0, 0.05) is 38.8 Å². The number of hydrogen-bond donors (Lipinski definition) is 1. The molecule has 1 aliphatic rings. The molecule has 0 atom stereocenters. The first kappa shape index (κ1) is 14.4. The van der Waals surface area contributed by atoms with Crippen LogP contribution in [0.3, 0.4) is 0 Å². The normalized spacial score (nSPS) is 14.8. The standard InChI is InChI=1S/C14H18N4O2/c15-10-13-9-12(1-4-17-13)11-16-3-2-14(19)18-5-7-20-8-6-18/h1,4,9,16H,2-3,5-8,11H2. The van der Waals surface area contributed by atoms with E-state index in [1.165, 1.54) is 0 Å². The van der Waals surface area contributed by atoms with Crippen LogP contribution >= 0.6 is 0 Å². The maximum Gasteiger partial charge on any atom is 0.224 e. The van der Waals surface area contributed by atoms with Crippen molar-refractivity contribution in [1.29, 1.82) is 5.26 Å². The van der Waals surface area contributed by atoms with Crippen LogP contribution in [-0.2, 0) is 16.1 Å². The van der Waals surface area contributed by atoms with Gasteiger partial charge in [-0.3, -0.25) is 4.79 Å². The second kappa shape index (κ2) is 7.58. The second-order valence-corrected chi connectivity index (χ2v) is 4.58. The highest BCUT2D eigenvalue weighted by molar-refractivity contribution is 5.76. The lowest BCUT2D eigenvalue weighted by molar-refractivity contribution is -0.135. The number of ether oxygens (including phenoxy) is 1. The average Bonchev–Trinajstić information content (AvgIpc) is 2.52. The van der Waals surface area contributed by atoms with Crippen molar-refractivity contribution in [1.82, 2.24) is 15.2 Å². The number of nitrogens with zero attached hydrogens (tertiary/aromatic N) is 3. The van der Waals surface area contributed by atoms with E-state index in [-0.39, 0.29) is 5.91 Å². The third-order valence-corrected chi connectivity index (χ3v) is 3.15. The van der Waals surface area contributed by atoms with Crippen LogP contribution in [0.1, 0.15) is 17.7 Å². The Balaban J connectivity index is 1.68. The summed E-state index contributed by atoms with van der Waals surface area (Å²) in [6.07, 6.45) is 2.10. The van der Waals surface area contributed by atoms with Gasteiger partial charge in [-0.05, 0) is 17.7 Å². The van der Waals surface area contributed by atoms with E-state index in [0.29, 0.717) is 51.5 Å². The molecule has 0 spiro atoms. The number of carbonyl (C=O) groups is 1. The van der Waals surface area contributed by atoms with Gasteiger partial charge in [-0.15, -0.1) is 0 Å². The number of hydrogen-bond acceptors (Lipinski definition) is 5. The van der Waals surface area contributed by atoms with E-state index in [1.807, 2.05) is 17.0 Å². The molecule has 106 valence electrons. The van der Waals surface area contributed by atoms with E-state index in [0.717, 1.165) is 5.56 Å². The van der Waals surface area contributed by atoms with Gasteiger partial charge in [-0.25, -0.2) is 4.98 Å². The van der Waals surface area contributed by atoms with Crippen molar-refractivity contribution in [2.45, 2.75) is 13.0 Å². The smallest absolute Gasteiger partial charge is 0.224 e. The molecule has 1 N–H and O–H groups in total. The molecule has 0 aliphatic carbocycles. The molecular formula is C14H18N4O2. The Hall–Kier alpha value is -1.97. The molecule has 2 heterocycles. The fourth-order valence-electron chi connectivity index (χ4n) is 2.04. The molecule has 1 aromatic rings. The lowest BCUT2D eigenvalue weighted by Gasteiger charge is -2.26. The van der Waals surface area contributed by atoms with Crippen LogP contribution in [-0.4, -0.2) is 48.6 Å². The molecule has 0 bridgehead atoms. The first-order chi connectivity index (χ1) is 9.79. The highest BCUT2D eigenvalue weighted by Gasteiger charge is 2.15. The molecule has 1 saturated heterocycles. The highest BCUT2D eigenvalue weighted by Crippen LogP contribution is 2.02. The molecule has 6 nitrogen and oxygen atoms in total. The summed E-state index contributed by atoms with van der Waals surface area (Å²) < 4.78 is 5.21. The number of morpholine rings is 1. The van der Waals surface area contributed by atoms with Gasteiger partial charge in [-0.2, -0.15) is 5.26 Å². The minimum atomic E-state index is 0.160. The van der Waals surface area contributed by atoms with Crippen LogP contribution in [0.2, 0.25) is 0 Å². The van der Waals surface area contributed by atoms with Crippen molar-refractivity contribution in [2.75, 3.05) is 32.8 Å². The van der Waals surface area contributed by atoms with Crippen LogP contribution in [0.15, 0.2) is 18.3 Å². The Morgan fingerprint density at radius 2 is 2.30 bits per heavy atom. The van der Waals surface area contributed by atoms with Crippen molar-refractivity contribution in [3.8, 4) is 6.07 Å². The van der Waals surface area contributed by atoms with E-state index < -0.39 is 0 Å². The summed E-state index contributed by atoms with van der Waals surface area (Å²) in [7, 11) is 0. The van der Waals surface area contributed by atoms with Crippen molar-refractivity contribution >= 4 is 5.91 Å². The number of carbonyl (C=O) groups excluding carboxylic acids is 1. The number of nitrogens with one attached hydrogen (secondary N) is 1. The van der Waals surface area contributed by atoms with Crippen LogP contribution < -0.4 is 5.32 Å². The summed E-state index contributed by atoms with van der Waals surface area (Å²) in [5.74, 6) is 0.160. The molecule has 1 aliphatic heterocycles. The average molecular weight is 274 g/mol. The SMILES string of the molecule is N#Cc1cc(CNCCC(=O)N2CCOCC2)ccn1. The minimum absolute atomic E-state index is 0.160.